The summed E-state index contributed by atoms with van der Waals surface area (Å²) in [6, 6.07) is 6.82. The van der Waals surface area contributed by atoms with Gasteiger partial charge in [-0.05, 0) is 18.1 Å². The van der Waals surface area contributed by atoms with Crippen LogP contribution in [0.3, 0.4) is 0 Å². The Bertz CT molecular complexity index is 608. The quantitative estimate of drug-likeness (QED) is 0.804. The summed E-state index contributed by atoms with van der Waals surface area (Å²) in [7, 11) is 0. The lowest BCUT2D eigenvalue weighted by Crippen LogP contribution is -2.26. The normalized spacial score (nSPS) is 10.3. The van der Waals surface area contributed by atoms with E-state index in [1.54, 1.807) is 43.0 Å². The lowest BCUT2D eigenvalue weighted by Gasteiger charge is -2.08. The first-order valence-electron chi connectivity index (χ1n) is 6.70. The number of aromatic nitrogens is 2. The minimum absolute atomic E-state index is 0.0588. The molecule has 0 saturated heterocycles. The summed E-state index contributed by atoms with van der Waals surface area (Å²) in [6.45, 7) is 1.00. The van der Waals surface area contributed by atoms with Crippen LogP contribution in [0.2, 0.25) is 0 Å². The first-order chi connectivity index (χ1) is 10.2. The lowest BCUT2D eigenvalue weighted by molar-refractivity contribution is -0.121. The average molecular weight is 287 g/mol. The second-order valence-electron chi connectivity index (χ2n) is 4.61. The fourth-order valence-electron chi connectivity index (χ4n) is 2.02. The number of hydrogen-bond donors (Lipinski definition) is 2. The van der Waals surface area contributed by atoms with E-state index >= 15 is 0 Å². The maximum absolute atomic E-state index is 11.7. The van der Waals surface area contributed by atoms with Gasteiger partial charge in [-0.3, -0.25) is 4.79 Å². The lowest BCUT2D eigenvalue weighted by atomic mass is 10.0. The molecule has 2 N–H and O–H groups in total. The van der Waals surface area contributed by atoms with Gasteiger partial charge in [0.15, 0.2) is 0 Å². The maximum atomic E-state index is 11.7. The number of carboxylic acids is 1. The Morgan fingerprint density at radius 3 is 2.81 bits per heavy atom. The molecule has 0 saturated carbocycles. The van der Waals surface area contributed by atoms with Crippen LogP contribution < -0.4 is 5.32 Å². The predicted octanol–water partition coefficient (Wildman–Crippen LogP) is 1.33. The van der Waals surface area contributed by atoms with Crippen LogP contribution in [0, 0.1) is 0 Å². The number of rotatable bonds is 7. The molecule has 0 spiro atoms. The predicted molar refractivity (Wildman–Crippen MR) is 77.0 cm³/mol. The molecule has 0 atom stereocenters. The molecular formula is C15H17N3O3. The van der Waals surface area contributed by atoms with Gasteiger partial charge in [-0.1, -0.05) is 18.2 Å². The van der Waals surface area contributed by atoms with Crippen LogP contribution in [-0.2, 0) is 17.8 Å². The number of imidazole rings is 1. The van der Waals surface area contributed by atoms with Crippen molar-refractivity contribution in [3.8, 4) is 0 Å². The highest BCUT2D eigenvalue weighted by Crippen LogP contribution is 2.09. The molecular weight excluding hydrogens is 270 g/mol. The second kappa shape index (κ2) is 7.23. The van der Waals surface area contributed by atoms with E-state index in [0.717, 1.165) is 5.56 Å². The summed E-state index contributed by atoms with van der Waals surface area (Å²) in [4.78, 5) is 26.6. The van der Waals surface area contributed by atoms with Crippen LogP contribution in [0.4, 0.5) is 0 Å². The summed E-state index contributed by atoms with van der Waals surface area (Å²) in [5.41, 5.74) is 1.00. The number of aryl methyl sites for hydroxylation is 1. The van der Waals surface area contributed by atoms with Crippen LogP contribution >= 0.6 is 0 Å². The van der Waals surface area contributed by atoms with Gasteiger partial charge in [-0.25, -0.2) is 9.78 Å². The van der Waals surface area contributed by atoms with Gasteiger partial charge < -0.3 is 15.0 Å². The zero-order valence-electron chi connectivity index (χ0n) is 11.5. The zero-order valence-corrected chi connectivity index (χ0v) is 11.5. The van der Waals surface area contributed by atoms with Gasteiger partial charge in [0.25, 0.3) is 0 Å². The number of carboxylic acid groups (broad SMARTS) is 1. The molecule has 0 radical (unpaired) electrons. The van der Waals surface area contributed by atoms with E-state index in [1.165, 1.54) is 0 Å². The maximum Gasteiger partial charge on any atom is 0.335 e. The third kappa shape index (κ3) is 4.45. The van der Waals surface area contributed by atoms with Crippen molar-refractivity contribution < 1.29 is 14.7 Å². The number of carbonyl (C=O) groups excluding carboxylic acids is 1. The number of carbonyl (C=O) groups is 2. The second-order valence-corrected chi connectivity index (χ2v) is 4.61. The largest absolute Gasteiger partial charge is 0.478 e. The third-order valence-electron chi connectivity index (χ3n) is 3.12. The van der Waals surface area contributed by atoms with Crippen molar-refractivity contribution in [3.63, 3.8) is 0 Å². The molecule has 110 valence electrons. The highest BCUT2D eigenvalue weighted by Gasteiger charge is 2.09. The number of hydrogen-bond acceptors (Lipinski definition) is 3. The molecule has 2 aromatic rings. The summed E-state index contributed by atoms with van der Waals surface area (Å²) in [5, 5.41) is 11.9. The van der Waals surface area contributed by atoms with Gasteiger partial charge in [-0.2, -0.15) is 0 Å². The smallest absolute Gasteiger partial charge is 0.335 e. The average Bonchev–Trinajstić information content (AvgIpc) is 2.99. The minimum Gasteiger partial charge on any atom is -0.478 e. The highest BCUT2D eigenvalue weighted by molar-refractivity contribution is 5.89. The van der Waals surface area contributed by atoms with Gasteiger partial charge in [0, 0.05) is 31.9 Å². The summed E-state index contributed by atoms with van der Waals surface area (Å²) >= 11 is 0. The van der Waals surface area contributed by atoms with E-state index in [-0.39, 0.29) is 11.5 Å². The van der Waals surface area contributed by atoms with E-state index in [4.69, 9.17) is 5.11 Å². The van der Waals surface area contributed by atoms with Crippen LogP contribution in [-0.4, -0.2) is 33.1 Å². The van der Waals surface area contributed by atoms with Crippen molar-refractivity contribution in [1.82, 2.24) is 14.9 Å². The molecule has 0 aliphatic carbocycles. The number of nitrogens with zero attached hydrogens (tertiary/aromatic N) is 2. The van der Waals surface area contributed by atoms with Crippen molar-refractivity contribution in [3.05, 3.63) is 54.1 Å². The fourth-order valence-corrected chi connectivity index (χ4v) is 2.02. The summed E-state index contributed by atoms with van der Waals surface area (Å²) < 4.78 is 1.83. The fraction of sp³-hybridized carbons (Fsp3) is 0.267. The van der Waals surface area contributed by atoms with Crippen LogP contribution in [0.25, 0.3) is 0 Å². The van der Waals surface area contributed by atoms with Gasteiger partial charge in [0.05, 0.1) is 11.9 Å². The molecule has 1 heterocycles. The molecule has 1 aromatic heterocycles. The highest BCUT2D eigenvalue weighted by atomic mass is 16.4. The van der Waals surface area contributed by atoms with Crippen molar-refractivity contribution >= 4 is 11.9 Å². The molecule has 0 fully saturated rings. The van der Waals surface area contributed by atoms with Crippen LogP contribution in [0.1, 0.15) is 22.3 Å². The zero-order chi connectivity index (χ0) is 15.1. The Labute approximate surface area is 122 Å². The van der Waals surface area contributed by atoms with E-state index in [1.807, 2.05) is 4.57 Å². The van der Waals surface area contributed by atoms with Crippen molar-refractivity contribution in [2.24, 2.45) is 0 Å². The van der Waals surface area contributed by atoms with Crippen molar-refractivity contribution in [2.75, 3.05) is 6.54 Å². The van der Waals surface area contributed by atoms with Gasteiger partial charge in [0.1, 0.15) is 0 Å². The van der Waals surface area contributed by atoms with Gasteiger partial charge in [-0.15, -0.1) is 0 Å². The monoisotopic (exact) mass is 287 g/mol. The molecule has 2 rings (SSSR count). The van der Waals surface area contributed by atoms with E-state index in [9.17, 15) is 9.59 Å². The molecule has 1 aromatic carbocycles. The van der Waals surface area contributed by atoms with Gasteiger partial charge in [0.2, 0.25) is 5.91 Å². The number of nitrogens with one attached hydrogen (secondary N) is 1. The number of aromatic carboxylic acids is 1. The molecule has 0 bridgehead atoms. The Kier molecular flexibility index (Phi) is 5.09. The van der Waals surface area contributed by atoms with Crippen molar-refractivity contribution in [2.45, 2.75) is 19.4 Å². The topological polar surface area (TPSA) is 84.2 Å². The Morgan fingerprint density at radius 1 is 1.29 bits per heavy atom. The first-order valence-corrected chi connectivity index (χ1v) is 6.70. The molecule has 0 aliphatic heterocycles. The van der Waals surface area contributed by atoms with E-state index < -0.39 is 5.97 Å². The van der Waals surface area contributed by atoms with Gasteiger partial charge >= 0.3 is 5.97 Å². The SMILES string of the molecule is O=C(CCn1ccnc1)NCCc1ccccc1C(=O)O. The molecule has 0 unspecified atom stereocenters. The Morgan fingerprint density at radius 2 is 2.10 bits per heavy atom. The van der Waals surface area contributed by atoms with Crippen molar-refractivity contribution in [1.29, 1.82) is 0 Å². The Balaban J connectivity index is 1.76. The summed E-state index contributed by atoms with van der Waals surface area (Å²) in [6.07, 6.45) is 6.00. The Hall–Kier alpha value is -2.63. The molecule has 1 amide bonds. The molecule has 6 nitrogen and oxygen atoms in total. The standard InChI is InChI=1S/C15H17N3O3/c19-14(6-9-18-10-8-16-11-18)17-7-5-12-3-1-2-4-13(12)15(20)21/h1-4,8,10-11H,5-7,9H2,(H,17,19)(H,20,21). The molecule has 6 heteroatoms. The summed E-state index contributed by atoms with van der Waals surface area (Å²) in [5.74, 6) is -1.01. The van der Waals surface area contributed by atoms with Crippen LogP contribution in [0.5, 0.6) is 0 Å². The number of benzene rings is 1. The molecule has 21 heavy (non-hydrogen) atoms. The molecule has 0 aliphatic rings. The van der Waals surface area contributed by atoms with E-state index in [2.05, 4.69) is 10.3 Å². The number of amides is 1. The van der Waals surface area contributed by atoms with Crippen LogP contribution in [0.15, 0.2) is 43.0 Å². The minimum atomic E-state index is -0.947. The first kappa shape index (κ1) is 14.8. The van der Waals surface area contributed by atoms with E-state index in [0.29, 0.717) is 25.9 Å². The third-order valence-corrected chi connectivity index (χ3v) is 3.12.